The van der Waals surface area contributed by atoms with Gasteiger partial charge in [0.05, 0.1) is 23.3 Å². The van der Waals surface area contributed by atoms with Crippen LogP contribution in [0.2, 0.25) is 0 Å². The van der Waals surface area contributed by atoms with Crippen molar-refractivity contribution in [1.29, 1.82) is 0 Å². The topological polar surface area (TPSA) is 57.8 Å². The van der Waals surface area contributed by atoms with Gasteiger partial charge in [-0.3, -0.25) is 4.79 Å². The molecule has 0 bridgehead atoms. The molecule has 4 nitrogen and oxygen atoms in total. The van der Waals surface area contributed by atoms with Crippen LogP contribution in [0, 0.1) is 18.6 Å². The summed E-state index contributed by atoms with van der Waals surface area (Å²) in [6, 6.07) is 4.10. The van der Waals surface area contributed by atoms with Crippen molar-refractivity contribution in [3.05, 3.63) is 45.7 Å². The Kier molecular flexibility index (Phi) is 4.63. The highest BCUT2D eigenvalue weighted by Gasteiger charge is 2.11. The monoisotopic (exact) mass is 353 g/mol. The molecule has 2 N–H and O–H groups in total. The van der Waals surface area contributed by atoms with Crippen LogP contribution in [0.25, 0.3) is 11.0 Å². The van der Waals surface area contributed by atoms with Crippen molar-refractivity contribution in [2.75, 3.05) is 5.75 Å². The van der Waals surface area contributed by atoms with Gasteiger partial charge in [-0.05, 0) is 23.9 Å². The van der Waals surface area contributed by atoms with Gasteiger partial charge in [-0.1, -0.05) is 11.8 Å². The van der Waals surface area contributed by atoms with E-state index < -0.39 is 11.6 Å². The number of fused-ring (bicyclic) bond motifs is 1. The van der Waals surface area contributed by atoms with Gasteiger partial charge in [-0.15, -0.1) is 11.3 Å². The van der Waals surface area contributed by atoms with Crippen LogP contribution in [0.4, 0.5) is 8.78 Å². The number of imidazole rings is 1. The summed E-state index contributed by atoms with van der Waals surface area (Å²) in [7, 11) is 0. The van der Waals surface area contributed by atoms with Crippen LogP contribution in [-0.4, -0.2) is 21.6 Å². The summed E-state index contributed by atoms with van der Waals surface area (Å²) in [6.07, 6.45) is 0. The molecule has 0 unspecified atom stereocenters. The maximum atomic E-state index is 13.1. The third-order valence-corrected chi connectivity index (χ3v) is 5.15. The van der Waals surface area contributed by atoms with E-state index in [4.69, 9.17) is 0 Å². The largest absolute Gasteiger partial charge is 0.350 e. The fraction of sp³-hybridized carbons (Fsp3) is 0.200. The highest BCUT2D eigenvalue weighted by Crippen LogP contribution is 2.21. The molecule has 0 saturated heterocycles. The lowest BCUT2D eigenvalue weighted by Gasteiger charge is -2.03. The van der Waals surface area contributed by atoms with E-state index in [1.807, 2.05) is 18.4 Å². The molecule has 0 aliphatic heterocycles. The predicted molar refractivity (Wildman–Crippen MR) is 87.6 cm³/mol. The number of thioether (sulfide) groups is 1. The van der Waals surface area contributed by atoms with Gasteiger partial charge in [0.25, 0.3) is 0 Å². The standard InChI is InChI=1S/C15H13F2N3OS2/c1-8-2-3-22-13(8)6-18-14(21)7-23-15-19-11-4-9(16)10(17)5-12(11)20-15/h2-5H,6-7H2,1H3,(H,18,21)(H,19,20). The summed E-state index contributed by atoms with van der Waals surface area (Å²) in [5, 5.41) is 5.27. The molecular weight excluding hydrogens is 340 g/mol. The molecule has 0 atom stereocenters. The van der Waals surface area contributed by atoms with Gasteiger partial charge in [0, 0.05) is 17.0 Å². The van der Waals surface area contributed by atoms with Crippen LogP contribution in [0.3, 0.4) is 0 Å². The van der Waals surface area contributed by atoms with E-state index in [0.29, 0.717) is 22.7 Å². The van der Waals surface area contributed by atoms with Gasteiger partial charge in [-0.25, -0.2) is 13.8 Å². The summed E-state index contributed by atoms with van der Waals surface area (Å²) in [6.45, 7) is 2.50. The number of halogens is 2. The Balaban J connectivity index is 1.57. The number of aromatic amines is 1. The molecule has 0 aliphatic carbocycles. The highest BCUT2D eigenvalue weighted by molar-refractivity contribution is 7.99. The second-order valence-corrected chi connectivity index (χ2v) is 6.88. The van der Waals surface area contributed by atoms with E-state index >= 15 is 0 Å². The molecule has 0 saturated carbocycles. The van der Waals surface area contributed by atoms with Gasteiger partial charge in [0.1, 0.15) is 0 Å². The first-order valence-electron chi connectivity index (χ1n) is 6.80. The summed E-state index contributed by atoms with van der Waals surface area (Å²) in [5.74, 6) is -1.82. The Bertz CT molecular complexity index is 821. The summed E-state index contributed by atoms with van der Waals surface area (Å²) < 4.78 is 26.3. The minimum Gasteiger partial charge on any atom is -0.350 e. The number of carbonyl (C=O) groups is 1. The summed E-state index contributed by atoms with van der Waals surface area (Å²) >= 11 is 2.79. The smallest absolute Gasteiger partial charge is 0.230 e. The van der Waals surface area contributed by atoms with Crippen molar-refractivity contribution < 1.29 is 13.6 Å². The van der Waals surface area contributed by atoms with Crippen molar-refractivity contribution in [2.45, 2.75) is 18.6 Å². The normalized spacial score (nSPS) is 11.1. The number of nitrogens with zero attached hydrogens (tertiary/aromatic N) is 1. The molecule has 3 rings (SSSR count). The fourth-order valence-corrected chi connectivity index (χ4v) is 3.56. The zero-order valence-electron chi connectivity index (χ0n) is 12.2. The first-order chi connectivity index (χ1) is 11.0. The first-order valence-corrected chi connectivity index (χ1v) is 8.66. The predicted octanol–water partition coefficient (Wildman–Crippen LogP) is 3.62. The van der Waals surface area contributed by atoms with Crippen molar-refractivity contribution in [2.24, 2.45) is 0 Å². The molecule has 0 spiro atoms. The van der Waals surface area contributed by atoms with E-state index in [2.05, 4.69) is 15.3 Å². The molecule has 1 aromatic carbocycles. The number of nitrogens with one attached hydrogen (secondary N) is 2. The Morgan fingerprint density at radius 3 is 2.91 bits per heavy atom. The number of H-pyrrole nitrogens is 1. The van der Waals surface area contributed by atoms with Crippen molar-refractivity contribution in [1.82, 2.24) is 15.3 Å². The van der Waals surface area contributed by atoms with Crippen molar-refractivity contribution in [3.8, 4) is 0 Å². The molecule has 2 heterocycles. The minimum absolute atomic E-state index is 0.124. The molecule has 0 radical (unpaired) electrons. The lowest BCUT2D eigenvalue weighted by Crippen LogP contribution is -2.24. The average Bonchev–Trinajstić information content (AvgIpc) is 3.09. The first kappa shape index (κ1) is 15.9. The molecule has 1 amide bonds. The molecule has 0 fully saturated rings. The van der Waals surface area contributed by atoms with E-state index in [-0.39, 0.29) is 11.7 Å². The number of aryl methyl sites for hydroxylation is 1. The number of rotatable bonds is 5. The van der Waals surface area contributed by atoms with Crippen LogP contribution in [0.5, 0.6) is 0 Å². The zero-order chi connectivity index (χ0) is 16.4. The summed E-state index contributed by atoms with van der Waals surface area (Å²) in [5.41, 5.74) is 1.89. The van der Waals surface area contributed by atoms with E-state index in [1.54, 1.807) is 11.3 Å². The van der Waals surface area contributed by atoms with Crippen LogP contribution in [-0.2, 0) is 11.3 Å². The third-order valence-electron chi connectivity index (χ3n) is 3.26. The van der Waals surface area contributed by atoms with Gasteiger partial charge in [-0.2, -0.15) is 0 Å². The fourth-order valence-electron chi connectivity index (χ4n) is 2.00. The summed E-state index contributed by atoms with van der Waals surface area (Å²) in [4.78, 5) is 20.0. The van der Waals surface area contributed by atoms with Crippen molar-refractivity contribution in [3.63, 3.8) is 0 Å². The van der Waals surface area contributed by atoms with E-state index in [0.717, 1.165) is 22.6 Å². The lowest BCUT2D eigenvalue weighted by molar-refractivity contribution is -0.118. The van der Waals surface area contributed by atoms with Crippen LogP contribution < -0.4 is 5.32 Å². The van der Waals surface area contributed by atoms with Gasteiger partial charge < -0.3 is 10.3 Å². The molecule has 2 aromatic heterocycles. The Morgan fingerprint density at radius 2 is 2.17 bits per heavy atom. The number of aromatic nitrogens is 2. The Morgan fingerprint density at radius 1 is 1.39 bits per heavy atom. The molecule has 8 heteroatoms. The van der Waals surface area contributed by atoms with E-state index in [9.17, 15) is 13.6 Å². The maximum absolute atomic E-state index is 13.1. The van der Waals surface area contributed by atoms with Crippen LogP contribution in [0.15, 0.2) is 28.7 Å². The second-order valence-electron chi connectivity index (χ2n) is 4.92. The van der Waals surface area contributed by atoms with Gasteiger partial charge in [0.2, 0.25) is 5.91 Å². The number of hydrogen-bond acceptors (Lipinski definition) is 4. The number of hydrogen-bond donors (Lipinski definition) is 2. The zero-order valence-corrected chi connectivity index (χ0v) is 13.8. The Hall–Kier alpha value is -1.93. The number of thiophene rings is 1. The number of amides is 1. The molecule has 23 heavy (non-hydrogen) atoms. The molecule has 0 aliphatic rings. The number of benzene rings is 1. The Labute approximate surface area is 139 Å². The van der Waals surface area contributed by atoms with Crippen molar-refractivity contribution >= 4 is 40.0 Å². The quantitative estimate of drug-likeness (QED) is 0.689. The third kappa shape index (κ3) is 3.70. The second kappa shape index (κ2) is 6.67. The maximum Gasteiger partial charge on any atom is 0.230 e. The molecular formula is C15H13F2N3OS2. The van der Waals surface area contributed by atoms with Crippen LogP contribution >= 0.6 is 23.1 Å². The average molecular weight is 353 g/mol. The molecule has 120 valence electrons. The lowest BCUT2D eigenvalue weighted by atomic mass is 10.3. The van der Waals surface area contributed by atoms with E-state index in [1.165, 1.54) is 11.8 Å². The SMILES string of the molecule is Cc1ccsc1CNC(=O)CSc1nc2cc(F)c(F)cc2[nH]1. The number of carbonyl (C=O) groups excluding carboxylic acids is 1. The van der Waals surface area contributed by atoms with Gasteiger partial charge >= 0.3 is 0 Å². The minimum atomic E-state index is -0.940. The molecule has 3 aromatic rings. The van der Waals surface area contributed by atoms with Crippen LogP contribution in [0.1, 0.15) is 10.4 Å². The highest BCUT2D eigenvalue weighted by atomic mass is 32.2. The van der Waals surface area contributed by atoms with Gasteiger partial charge in [0.15, 0.2) is 16.8 Å².